The van der Waals surface area contributed by atoms with Gasteiger partial charge in [0, 0.05) is 0 Å². The van der Waals surface area contributed by atoms with Crippen LogP contribution in [0.5, 0.6) is 5.75 Å². The van der Waals surface area contributed by atoms with Crippen LogP contribution >= 0.6 is 0 Å². The van der Waals surface area contributed by atoms with Crippen LogP contribution in [0.3, 0.4) is 0 Å². The Kier molecular flexibility index (Phi) is 3.75. The van der Waals surface area contributed by atoms with E-state index in [2.05, 4.69) is 0 Å². The van der Waals surface area contributed by atoms with Gasteiger partial charge in [-0.05, 0) is 17.7 Å². The Morgan fingerprint density at radius 1 is 1.11 bits per heavy atom. The molecule has 0 heterocycles. The van der Waals surface area contributed by atoms with Gasteiger partial charge in [0.15, 0.2) is 11.6 Å². The van der Waals surface area contributed by atoms with E-state index in [1.54, 1.807) is 30.3 Å². The monoisotopic (exact) mass is 264 g/mol. The first kappa shape index (κ1) is 13.0. The standard InChI is InChI=1S/C14H10F2O3/c15-11-7-6-10(14(17)18)13(12(11)16)19-8-9-4-2-1-3-5-9/h1-7H,8H2,(H,17,18). The van der Waals surface area contributed by atoms with Gasteiger partial charge in [0.25, 0.3) is 0 Å². The molecule has 5 heteroatoms. The molecule has 0 atom stereocenters. The first-order valence-corrected chi connectivity index (χ1v) is 5.47. The summed E-state index contributed by atoms with van der Waals surface area (Å²) in [6.45, 7) is -0.0402. The Bertz CT molecular complexity index is 597. The van der Waals surface area contributed by atoms with Gasteiger partial charge in [0.1, 0.15) is 12.2 Å². The smallest absolute Gasteiger partial charge is 0.339 e. The topological polar surface area (TPSA) is 46.5 Å². The third kappa shape index (κ3) is 2.88. The molecule has 0 saturated carbocycles. The van der Waals surface area contributed by atoms with Gasteiger partial charge in [0.2, 0.25) is 5.82 Å². The first-order chi connectivity index (χ1) is 9.09. The zero-order chi connectivity index (χ0) is 13.8. The first-order valence-electron chi connectivity index (χ1n) is 5.47. The van der Waals surface area contributed by atoms with Crippen LogP contribution < -0.4 is 4.74 Å². The third-order valence-corrected chi connectivity index (χ3v) is 2.51. The molecule has 3 nitrogen and oxygen atoms in total. The van der Waals surface area contributed by atoms with E-state index in [1.807, 2.05) is 0 Å². The Morgan fingerprint density at radius 3 is 2.42 bits per heavy atom. The molecule has 0 aliphatic rings. The van der Waals surface area contributed by atoms with Crippen LogP contribution in [0.4, 0.5) is 8.78 Å². The zero-order valence-corrected chi connectivity index (χ0v) is 9.77. The van der Waals surface area contributed by atoms with E-state index in [4.69, 9.17) is 9.84 Å². The lowest BCUT2D eigenvalue weighted by Gasteiger charge is -2.10. The summed E-state index contributed by atoms with van der Waals surface area (Å²) < 4.78 is 31.8. The highest BCUT2D eigenvalue weighted by Crippen LogP contribution is 2.26. The van der Waals surface area contributed by atoms with Gasteiger partial charge >= 0.3 is 5.97 Å². The van der Waals surface area contributed by atoms with E-state index in [-0.39, 0.29) is 6.61 Å². The van der Waals surface area contributed by atoms with Crippen molar-refractivity contribution in [3.8, 4) is 5.75 Å². The molecule has 0 radical (unpaired) electrons. The number of halogens is 2. The fourth-order valence-electron chi connectivity index (χ4n) is 1.57. The second kappa shape index (κ2) is 5.48. The van der Waals surface area contributed by atoms with Gasteiger partial charge in [-0.3, -0.25) is 0 Å². The quantitative estimate of drug-likeness (QED) is 0.922. The van der Waals surface area contributed by atoms with Crippen molar-refractivity contribution in [3.05, 3.63) is 65.2 Å². The Balaban J connectivity index is 2.28. The third-order valence-electron chi connectivity index (χ3n) is 2.51. The fraction of sp³-hybridized carbons (Fsp3) is 0.0714. The summed E-state index contributed by atoms with van der Waals surface area (Å²) in [6, 6.07) is 10.5. The number of aromatic carboxylic acids is 1. The number of rotatable bonds is 4. The minimum Gasteiger partial charge on any atom is -0.485 e. The second-order valence-electron chi connectivity index (χ2n) is 3.82. The summed E-state index contributed by atoms with van der Waals surface area (Å²) >= 11 is 0. The van der Waals surface area contributed by atoms with E-state index in [1.165, 1.54) is 0 Å². The zero-order valence-electron chi connectivity index (χ0n) is 9.77. The van der Waals surface area contributed by atoms with Crippen LogP contribution in [0.2, 0.25) is 0 Å². The van der Waals surface area contributed by atoms with E-state index in [0.717, 1.165) is 17.7 Å². The molecular weight excluding hydrogens is 254 g/mol. The number of hydrogen-bond donors (Lipinski definition) is 1. The highest BCUT2D eigenvalue weighted by atomic mass is 19.2. The van der Waals surface area contributed by atoms with Crippen LogP contribution in [0.25, 0.3) is 0 Å². The second-order valence-corrected chi connectivity index (χ2v) is 3.82. The lowest BCUT2D eigenvalue weighted by Crippen LogP contribution is -2.06. The number of carbonyl (C=O) groups is 1. The SMILES string of the molecule is O=C(O)c1ccc(F)c(F)c1OCc1ccccc1. The van der Waals surface area contributed by atoms with Gasteiger partial charge in [-0.15, -0.1) is 0 Å². The molecule has 1 N–H and O–H groups in total. The van der Waals surface area contributed by atoms with Crippen molar-refractivity contribution in [2.24, 2.45) is 0 Å². The number of hydrogen-bond acceptors (Lipinski definition) is 2. The van der Waals surface area contributed by atoms with Crippen molar-refractivity contribution in [3.63, 3.8) is 0 Å². The molecule has 0 aliphatic heterocycles. The van der Waals surface area contributed by atoms with Crippen molar-refractivity contribution in [1.29, 1.82) is 0 Å². The normalized spacial score (nSPS) is 10.2. The molecule has 0 amide bonds. The number of benzene rings is 2. The Labute approximate surface area is 108 Å². The fourth-order valence-corrected chi connectivity index (χ4v) is 1.57. The maximum Gasteiger partial charge on any atom is 0.339 e. The van der Waals surface area contributed by atoms with Crippen LogP contribution in [0.1, 0.15) is 15.9 Å². The summed E-state index contributed by atoms with van der Waals surface area (Å²) in [5.41, 5.74) is 0.317. The maximum absolute atomic E-state index is 13.6. The minimum absolute atomic E-state index is 0.0402. The van der Waals surface area contributed by atoms with Crippen molar-refractivity contribution < 1.29 is 23.4 Å². The van der Waals surface area contributed by atoms with Crippen molar-refractivity contribution >= 4 is 5.97 Å². The maximum atomic E-state index is 13.6. The highest BCUT2D eigenvalue weighted by Gasteiger charge is 2.19. The minimum atomic E-state index is -1.37. The molecule has 2 aromatic carbocycles. The summed E-state index contributed by atoms with van der Waals surface area (Å²) in [5, 5.41) is 8.91. The molecule has 0 fully saturated rings. The van der Waals surface area contributed by atoms with Crippen LogP contribution in [0, 0.1) is 11.6 Å². The van der Waals surface area contributed by atoms with Gasteiger partial charge in [-0.2, -0.15) is 4.39 Å². The molecule has 0 aromatic heterocycles. The molecule has 0 saturated heterocycles. The molecule has 0 bridgehead atoms. The number of carboxylic acids is 1. The van der Waals surface area contributed by atoms with Crippen LogP contribution in [0.15, 0.2) is 42.5 Å². The van der Waals surface area contributed by atoms with E-state index >= 15 is 0 Å². The van der Waals surface area contributed by atoms with Crippen molar-refractivity contribution in [1.82, 2.24) is 0 Å². The summed E-state index contributed by atoms with van der Waals surface area (Å²) in [7, 11) is 0. The van der Waals surface area contributed by atoms with Gasteiger partial charge in [-0.25, -0.2) is 9.18 Å². The summed E-state index contributed by atoms with van der Waals surface area (Å²) in [5.74, 6) is -4.40. The average Bonchev–Trinajstić information content (AvgIpc) is 2.41. The average molecular weight is 264 g/mol. The Morgan fingerprint density at radius 2 is 1.79 bits per heavy atom. The van der Waals surface area contributed by atoms with E-state index in [0.29, 0.717) is 0 Å². The van der Waals surface area contributed by atoms with Crippen LogP contribution in [-0.4, -0.2) is 11.1 Å². The summed E-state index contributed by atoms with van der Waals surface area (Å²) in [4.78, 5) is 10.9. The van der Waals surface area contributed by atoms with Crippen molar-refractivity contribution in [2.75, 3.05) is 0 Å². The molecule has 2 aromatic rings. The molecule has 0 aliphatic carbocycles. The van der Waals surface area contributed by atoms with E-state index < -0.39 is 28.9 Å². The van der Waals surface area contributed by atoms with Gasteiger partial charge in [-0.1, -0.05) is 30.3 Å². The molecule has 0 spiro atoms. The highest BCUT2D eigenvalue weighted by molar-refractivity contribution is 5.90. The largest absolute Gasteiger partial charge is 0.485 e. The molecule has 0 unspecified atom stereocenters. The molecule has 98 valence electrons. The molecule has 19 heavy (non-hydrogen) atoms. The lowest BCUT2D eigenvalue weighted by molar-refractivity contribution is 0.0690. The van der Waals surface area contributed by atoms with Gasteiger partial charge < -0.3 is 9.84 Å². The summed E-state index contributed by atoms with van der Waals surface area (Å²) in [6.07, 6.45) is 0. The lowest BCUT2D eigenvalue weighted by atomic mass is 10.2. The predicted octanol–water partition coefficient (Wildman–Crippen LogP) is 3.24. The van der Waals surface area contributed by atoms with Crippen LogP contribution in [-0.2, 0) is 6.61 Å². The predicted molar refractivity (Wildman–Crippen MR) is 64.1 cm³/mol. The van der Waals surface area contributed by atoms with Crippen molar-refractivity contribution in [2.45, 2.75) is 6.61 Å². The number of ether oxygens (including phenoxy) is 1. The molecular formula is C14H10F2O3. The van der Waals surface area contributed by atoms with Gasteiger partial charge in [0.05, 0.1) is 0 Å². The molecule has 2 rings (SSSR count). The number of carboxylic acid groups (broad SMARTS) is 1. The Hall–Kier alpha value is -2.43. The van der Waals surface area contributed by atoms with E-state index in [9.17, 15) is 13.6 Å².